The normalized spacial score (nSPS) is 32.8. The van der Waals surface area contributed by atoms with E-state index in [9.17, 15) is 4.79 Å². The fraction of sp³-hybridized carbons (Fsp3) is 0.762. The lowest BCUT2D eigenvalue weighted by molar-refractivity contribution is -0.160. The molecule has 0 bridgehead atoms. The van der Waals surface area contributed by atoms with Crippen molar-refractivity contribution in [2.45, 2.75) is 79.2 Å². The van der Waals surface area contributed by atoms with E-state index in [1.165, 1.54) is 37.3 Å². The van der Waals surface area contributed by atoms with Crippen molar-refractivity contribution in [1.82, 2.24) is 0 Å². The highest BCUT2D eigenvalue weighted by Gasteiger charge is 2.54. The number of esters is 1. The Morgan fingerprint density at radius 3 is 2.67 bits per heavy atom. The Labute approximate surface area is 147 Å². The molecule has 0 aromatic heterocycles. The smallest absolute Gasteiger partial charge is 0.302 e. The first-order valence-corrected chi connectivity index (χ1v) is 9.34. The lowest BCUT2D eigenvalue weighted by Gasteiger charge is -2.56. The Hall–Kier alpha value is -1.09. The zero-order valence-electron chi connectivity index (χ0n) is 16.0. The molecule has 3 heteroatoms. The van der Waals surface area contributed by atoms with E-state index in [4.69, 9.17) is 9.84 Å². The summed E-state index contributed by atoms with van der Waals surface area (Å²) in [7, 11) is 0. The number of allylic oxidation sites excluding steroid dienone is 2. The summed E-state index contributed by atoms with van der Waals surface area (Å²) in [6.45, 7) is 10.8. The molecule has 0 radical (unpaired) electrons. The molecule has 2 aliphatic carbocycles. The number of hydrogen-bond donors (Lipinski definition) is 1. The molecule has 3 nitrogen and oxygen atoms in total. The maximum Gasteiger partial charge on any atom is 0.302 e. The molecule has 0 saturated heterocycles. The molecule has 1 unspecified atom stereocenters. The van der Waals surface area contributed by atoms with Crippen LogP contribution in [0, 0.1) is 16.7 Å². The van der Waals surface area contributed by atoms with Crippen molar-refractivity contribution in [3.8, 4) is 0 Å². The van der Waals surface area contributed by atoms with Gasteiger partial charge in [0, 0.05) is 19.3 Å². The van der Waals surface area contributed by atoms with Crippen molar-refractivity contribution in [2.75, 3.05) is 6.61 Å². The lowest BCUT2D eigenvalue weighted by atomic mass is 9.50. The van der Waals surface area contributed by atoms with Gasteiger partial charge in [-0.1, -0.05) is 50.5 Å². The van der Waals surface area contributed by atoms with Gasteiger partial charge in [0.25, 0.3) is 0 Å². The van der Waals surface area contributed by atoms with Gasteiger partial charge in [-0.05, 0) is 43.4 Å². The van der Waals surface area contributed by atoms with Gasteiger partial charge in [-0.3, -0.25) is 4.79 Å². The molecule has 1 N–H and O–H groups in total. The standard InChI is InChI=1S/C21H34O3/c1-15(11-14-22)7-8-17-9-10-18(24-16(2)23)19-20(3,4)12-6-13-21(17,19)5/h9,11,18-19,22H,6-8,10,12-14H2,1-5H3/b15-11-/t18-,19?,21-/m1/s1. The zero-order valence-corrected chi connectivity index (χ0v) is 16.0. The second kappa shape index (κ2) is 7.43. The second-order valence-corrected chi connectivity index (χ2v) is 8.58. The van der Waals surface area contributed by atoms with E-state index in [1.807, 2.05) is 6.08 Å². The van der Waals surface area contributed by atoms with Crippen molar-refractivity contribution in [3.63, 3.8) is 0 Å². The molecule has 0 aliphatic heterocycles. The number of carbonyl (C=O) groups excluding carboxylic acids is 1. The van der Waals surface area contributed by atoms with Gasteiger partial charge in [-0.2, -0.15) is 0 Å². The monoisotopic (exact) mass is 334 g/mol. The summed E-state index contributed by atoms with van der Waals surface area (Å²) in [4.78, 5) is 11.6. The third kappa shape index (κ3) is 3.93. The Morgan fingerprint density at radius 2 is 2.04 bits per heavy atom. The highest BCUT2D eigenvalue weighted by atomic mass is 16.5. The fourth-order valence-corrected chi connectivity index (χ4v) is 5.29. The quantitative estimate of drug-likeness (QED) is 0.580. The van der Waals surface area contributed by atoms with Gasteiger partial charge in [-0.25, -0.2) is 0 Å². The summed E-state index contributed by atoms with van der Waals surface area (Å²) in [6.07, 6.45) is 10.7. The molecule has 0 amide bonds. The van der Waals surface area contributed by atoms with E-state index in [0.29, 0.717) is 5.92 Å². The molecule has 0 aromatic rings. The third-order valence-electron chi connectivity index (χ3n) is 6.29. The zero-order chi connectivity index (χ0) is 18.0. The predicted octanol–water partition coefficient (Wildman–Crippen LogP) is 4.80. The molecule has 2 rings (SSSR count). The number of carbonyl (C=O) groups is 1. The molecule has 24 heavy (non-hydrogen) atoms. The van der Waals surface area contributed by atoms with E-state index < -0.39 is 0 Å². The van der Waals surface area contributed by atoms with Crippen LogP contribution in [0.25, 0.3) is 0 Å². The third-order valence-corrected chi connectivity index (χ3v) is 6.29. The number of aliphatic hydroxyl groups excluding tert-OH is 1. The molecule has 2 aliphatic rings. The van der Waals surface area contributed by atoms with Crippen molar-refractivity contribution in [3.05, 3.63) is 23.3 Å². The van der Waals surface area contributed by atoms with Gasteiger partial charge in [0.1, 0.15) is 6.10 Å². The van der Waals surface area contributed by atoms with Crippen LogP contribution in [0.1, 0.15) is 73.1 Å². The minimum Gasteiger partial charge on any atom is -0.462 e. The number of aliphatic hydroxyl groups is 1. The van der Waals surface area contributed by atoms with Gasteiger partial charge >= 0.3 is 5.97 Å². The van der Waals surface area contributed by atoms with E-state index in [1.54, 1.807) is 0 Å². The highest BCUT2D eigenvalue weighted by molar-refractivity contribution is 5.66. The Morgan fingerprint density at radius 1 is 1.33 bits per heavy atom. The average Bonchev–Trinajstić information content (AvgIpc) is 2.44. The average molecular weight is 335 g/mol. The first-order chi connectivity index (χ1) is 11.2. The van der Waals surface area contributed by atoms with E-state index in [2.05, 4.69) is 33.8 Å². The van der Waals surface area contributed by atoms with Crippen LogP contribution in [-0.4, -0.2) is 23.8 Å². The summed E-state index contributed by atoms with van der Waals surface area (Å²) < 4.78 is 5.75. The van der Waals surface area contributed by atoms with Crippen LogP contribution in [-0.2, 0) is 9.53 Å². The van der Waals surface area contributed by atoms with E-state index in [0.717, 1.165) is 19.3 Å². The number of ether oxygens (including phenoxy) is 1. The number of hydrogen-bond acceptors (Lipinski definition) is 3. The van der Waals surface area contributed by atoms with Crippen LogP contribution < -0.4 is 0 Å². The maximum absolute atomic E-state index is 11.6. The molecule has 0 aromatic carbocycles. The first-order valence-electron chi connectivity index (χ1n) is 9.34. The number of rotatable bonds is 5. The minimum absolute atomic E-state index is 0.000584. The van der Waals surface area contributed by atoms with Crippen molar-refractivity contribution < 1.29 is 14.6 Å². The summed E-state index contributed by atoms with van der Waals surface area (Å²) in [5.74, 6) is 0.215. The van der Waals surface area contributed by atoms with Gasteiger partial charge in [0.05, 0.1) is 6.61 Å². The Kier molecular flexibility index (Phi) is 5.95. The van der Waals surface area contributed by atoms with Crippen LogP contribution in [0.2, 0.25) is 0 Å². The molecular weight excluding hydrogens is 300 g/mol. The first kappa shape index (κ1) is 19.2. The van der Waals surface area contributed by atoms with Gasteiger partial charge in [-0.15, -0.1) is 0 Å². The van der Waals surface area contributed by atoms with Crippen LogP contribution in [0.15, 0.2) is 23.3 Å². The Bertz CT molecular complexity index is 529. The van der Waals surface area contributed by atoms with Crippen LogP contribution in [0.5, 0.6) is 0 Å². The molecule has 1 saturated carbocycles. The second-order valence-electron chi connectivity index (χ2n) is 8.58. The van der Waals surface area contributed by atoms with Crippen LogP contribution in [0.4, 0.5) is 0 Å². The molecular formula is C21H34O3. The molecule has 1 fully saturated rings. The summed E-state index contributed by atoms with van der Waals surface area (Å²) in [5.41, 5.74) is 3.06. The van der Waals surface area contributed by atoms with E-state index >= 15 is 0 Å². The fourth-order valence-electron chi connectivity index (χ4n) is 5.29. The van der Waals surface area contributed by atoms with E-state index in [-0.39, 0.29) is 29.5 Å². The van der Waals surface area contributed by atoms with Gasteiger partial charge in [0.2, 0.25) is 0 Å². The summed E-state index contributed by atoms with van der Waals surface area (Å²) >= 11 is 0. The van der Waals surface area contributed by atoms with Gasteiger partial charge < -0.3 is 9.84 Å². The molecule has 0 spiro atoms. The Balaban J connectivity index is 2.28. The largest absolute Gasteiger partial charge is 0.462 e. The summed E-state index contributed by atoms with van der Waals surface area (Å²) in [5, 5.41) is 9.06. The van der Waals surface area contributed by atoms with Crippen molar-refractivity contribution >= 4 is 5.97 Å². The SMILES string of the molecule is CC(=O)O[C@@H]1CC=C(CC/C(C)=C\CO)[C@@]2(C)CCCC(C)(C)C12. The molecule has 3 atom stereocenters. The minimum atomic E-state index is -0.165. The van der Waals surface area contributed by atoms with Crippen molar-refractivity contribution in [1.29, 1.82) is 0 Å². The van der Waals surface area contributed by atoms with Crippen LogP contribution in [0.3, 0.4) is 0 Å². The molecule has 136 valence electrons. The molecule has 0 heterocycles. The van der Waals surface area contributed by atoms with Crippen LogP contribution >= 0.6 is 0 Å². The maximum atomic E-state index is 11.6. The van der Waals surface area contributed by atoms with Crippen molar-refractivity contribution in [2.24, 2.45) is 16.7 Å². The topological polar surface area (TPSA) is 46.5 Å². The number of fused-ring (bicyclic) bond motifs is 1. The van der Waals surface area contributed by atoms with Gasteiger partial charge in [0.15, 0.2) is 0 Å². The highest BCUT2D eigenvalue weighted by Crippen LogP contribution is 2.59. The lowest BCUT2D eigenvalue weighted by Crippen LogP contribution is -2.52. The summed E-state index contributed by atoms with van der Waals surface area (Å²) in [6, 6.07) is 0. The predicted molar refractivity (Wildman–Crippen MR) is 97.6 cm³/mol.